The quantitative estimate of drug-likeness (QED) is 0.571. The molecule has 1 unspecified atom stereocenters. The van der Waals surface area contributed by atoms with E-state index in [1.54, 1.807) is 4.90 Å². The van der Waals surface area contributed by atoms with E-state index in [9.17, 15) is 9.59 Å². The normalized spacial score (nSPS) is 17.4. The molecule has 2 amide bonds. The van der Waals surface area contributed by atoms with Gasteiger partial charge in [-0.15, -0.1) is 0 Å². The van der Waals surface area contributed by atoms with Gasteiger partial charge >= 0.3 is 0 Å². The van der Waals surface area contributed by atoms with Crippen molar-refractivity contribution in [1.29, 1.82) is 0 Å². The third kappa shape index (κ3) is 3.48. The van der Waals surface area contributed by atoms with Gasteiger partial charge in [-0.1, -0.05) is 60.7 Å². The topological polar surface area (TPSA) is 58.6 Å². The lowest BCUT2D eigenvalue weighted by Crippen LogP contribution is -2.54. The molecule has 1 saturated heterocycles. The molecule has 0 bridgehead atoms. The minimum absolute atomic E-state index is 0.00766. The van der Waals surface area contributed by atoms with Crippen molar-refractivity contribution in [1.82, 2.24) is 4.90 Å². The Hall–Kier alpha value is -3.44. The maximum Gasteiger partial charge on any atom is 0.249 e. The summed E-state index contributed by atoms with van der Waals surface area (Å²) in [6.07, 6.45) is 0.861. The van der Waals surface area contributed by atoms with Gasteiger partial charge in [0, 0.05) is 12.2 Å². The Labute approximate surface area is 175 Å². The molecule has 2 aliphatic rings. The first-order valence-electron chi connectivity index (χ1n) is 10.1. The fourth-order valence-corrected chi connectivity index (χ4v) is 4.25. The predicted molar refractivity (Wildman–Crippen MR) is 115 cm³/mol. The summed E-state index contributed by atoms with van der Waals surface area (Å²) in [5, 5.41) is 2.99. The third-order valence-electron chi connectivity index (χ3n) is 5.76. The molecule has 1 aliphatic carbocycles. The molecule has 30 heavy (non-hydrogen) atoms. The number of nitrogens with one attached hydrogen (secondary N) is 1. The molecule has 150 valence electrons. The van der Waals surface area contributed by atoms with Crippen LogP contribution in [0.25, 0.3) is 11.1 Å². The first kappa shape index (κ1) is 18.6. The Morgan fingerprint density at radius 3 is 2.60 bits per heavy atom. The summed E-state index contributed by atoms with van der Waals surface area (Å²) in [6.45, 7) is 0.592. The highest BCUT2D eigenvalue weighted by Crippen LogP contribution is 2.37. The zero-order valence-corrected chi connectivity index (χ0v) is 16.5. The van der Waals surface area contributed by atoms with Gasteiger partial charge in [-0.3, -0.25) is 9.59 Å². The molecule has 1 fully saturated rings. The van der Waals surface area contributed by atoms with Gasteiger partial charge in [-0.2, -0.15) is 0 Å². The van der Waals surface area contributed by atoms with E-state index in [4.69, 9.17) is 4.74 Å². The average Bonchev–Trinajstić information content (AvgIpc) is 3.13. The van der Waals surface area contributed by atoms with Crippen LogP contribution >= 0.6 is 0 Å². The Bertz CT molecular complexity index is 1110. The highest BCUT2D eigenvalue weighted by Gasteiger charge is 2.34. The largest absolute Gasteiger partial charge is 0.369 e. The summed E-state index contributed by atoms with van der Waals surface area (Å²) < 4.78 is 5.39. The molecule has 1 N–H and O–H groups in total. The van der Waals surface area contributed by atoms with Crippen molar-refractivity contribution < 1.29 is 14.3 Å². The number of carbonyl (C=O) groups is 2. The van der Waals surface area contributed by atoms with E-state index in [0.29, 0.717) is 6.54 Å². The van der Waals surface area contributed by atoms with Crippen LogP contribution in [-0.2, 0) is 27.3 Å². The molecule has 1 atom stereocenters. The van der Waals surface area contributed by atoms with Crippen LogP contribution in [0.3, 0.4) is 0 Å². The van der Waals surface area contributed by atoms with Crippen molar-refractivity contribution in [3.05, 3.63) is 89.5 Å². The number of amides is 2. The smallest absolute Gasteiger partial charge is 0.249 e. The molecule has 3 aromatic carbocycles. The Morgan fingerprint density at radius 2 is 1.73 bits per heavy atom. The second-order valence-corrected chi connectivity index (χ2v) is 7.73. The van der Waals surface area contributed by atoms with Crippen LogP contribution in [0.15, 0.2) is 72.8 Å². The summed E-state index contributed by atoms with van der Waals surface area (Å²) >= 11 is 0. The second-order valence-electron chi connectivity index (χ2n) is 7.73. The number of anilines is 1. The maximum absolute atomic E-state index is 13.0. The predicted octanol–water partition coefficient (Wildman–Crippen LogP) is 3.62. The van der Waals surface area contributed by atoms with Crippen molar-refractivity contribution in [3.63, 3.8) is 0 Å². The van der Waals surface area contributed by atoms with Crippen LogP contribution in [0, 0.1) is 0 Å². The molecule has 1 aliphatic heterocycles. The lowest BCUT2D eigenvalue weighted by Gasteiger charge is -2.34. The van der Waals surface area contributed by atoms with E-state index < -0.39 is 6.04 Å². The third-order valence-corrected chi connectivity index (χ3v) is 5.76. The van der Waals surface area contributed by atoms with Crippen molar-refractivity contribution in [3.8, 4) is 11.1 Å². The number of ether oxygens (including phenoxy) is 1. The van der Waals surface area contributed by atoms with Crippen molar-refractivity contribution in [2.75, 3.05) is 18.5 Å². The van der Waals surface area contributed by atoms with E-state index in [0.717, 1.165) is 17.7 Å². The van der Waals surface area contributed by atoms with Gasteiger partial charge in [0.05, 0.1) is 6.61 Å². The van der Waals surface area contributed by atoms with Crippen LogP contribution < -0.4 is 5.32 Å². The first-order valence-corrected chi connectivity index (χ1v) is 10.1. The second kappa shape index (κ2) is 7.76. The average molecular weight is 398 g/mol. The SMILES string of the molecule is O=C(Nc1ccc2c(c1)Cc1ccccc1-2)C1COCC(=O)N1Cc1ccccc1. The molecule has 3 aromatic rings. The molecule has 5 rings (SSSR count). The Kier molecular flexibility index (Phi) is 4.81. The van der Waals surface area contributed by atoms with Crippen molar-refractivity contribution in [2.45, 2.75) is 19.0 Å². The Morgan fingerprint density at radius 1 is 0.967 bits per heavy atom. The number of carbonyl (C=O) groups excluding carboxylic acids is 2. The first-order chi connectivity index (χ1) is 14.7. The fraction of sp³-hybridized carbons (Fsp3) is 0.200. The zero-order valence-electron chi connectivity index (χ0n) is 16.5. The van der Waals surface area contributed by atoms with Gasteiger partial charge in [-0.05, 0) is 46.4 Å². The van der Waals surface area contributed by atoms with Gasteiger partial charge in [0.1, 0.15) is 12.6 Å². The van der Waals surface area contributed by atoms with Crippen LogP contribution in [0.2, 0.25) is 0 Å². The van der Waals surface area contributed by atoms with E-state index in [1.807, 2.05) is 48.5 Å². The van der Waals surface area contributed by atoms with Gasteiger partial charge in [-0.25, -0.2) is 0 Å². The zero-order chi connectivity index (χ0) is 20.5. The highest BCUT2D eigenvalue weighted by atomic mass is 16.5. The summed E-state index contributed by atoms with van der Waals surface area (Å²) in [5.41, 5.74) is 6.70. The lowest BCUT2D eigenvalue weighted by molar-refractivity contribution is -0.154. The monoisotopic (exact) mass is 398 g/mol. The van der Waals surface area contributed by atoms with E-state index in [1.165, 1.54) is 22.3 Å². The van der Waals surface area contributed by atoms with Crippen molar-refractivity contribution in [2.24, 2.45) is 0 Å². The minimum atomic E-state index is -0.656. The minimum Gasteiger partial charge on any atom is -0.369 e. The fourth-order valence-electron chi connectivity index (χ4n) is 4.25. The van der Waals surface area contributed by atoms with Gasteiger partial charge in [0.2, 0.25) is 11.8 Å². The number of hydrogen-bond acceptors (Lipinski definition) is 3. The molecule has 1 heterocycles. The Balaban J connectivity index is 1.34. The molecule has 5 nitrogen and oxygen atoms in total. The summed E-state index contributed by atoms with van der Waals surface area (Å²) in [4.78, 5) is 27.1. The number of benzene rings is 3. The maximum atomic E-state index is 13.0. The van der Waals surface area contributed by atoms with Gasteiger partial charge in [0.25, 0.3) is 0 Å². The van der Waals surface area contributed by atoms with E-state index in [2.05, 4.69) is 29.6 Å². The standard InChI is InChI=1S/C25H22N2O3/c28-24-16-30-15-23(27(24)14-17-6-2-1-3-7-17)25(29)26-20-10-11-22-19(13-20)12-18-8-4-5-9-21(18)22/h1-11,13,23H,12,14-16H2,(H,26,29). The van der Waals surface area contributed by atoms with E-state index in [-0.39, 0.29) is 25.0 Å². The summed E-state index contributed by atoms with van der Waals surface area (Å²) in [5.74, 6) is -0.399. The molecule has 0 aromatic heterocycles. The summed E-state index contributed by atoms with van der Waals surface area (Å²) in [6, 6.07) is 23.4. The highest BCUT2D eigenvalue weighted by molar-refractivity contribution is 5.98. The number of hydrogen-bond donors (Lipinski definition) is 1. The number of rotatable bonds is 4. The van der Waals surface area contributed by atoms with Crippen LogP contribution in [0.4, 0.5) is 5.69 Å². The number of nitrogens with zero attached hydrogens (tertiary/aromatic N) is 1. The van der Waals surface area contributed by atoms with E-state index >= 15 is 0 Å². The number of fused-ring (bicyclic) bond motifs is 3. The van der Waals surface area contributed by atoms with Crippen LogP contribution in [0.1, 0.15) is 16.7 Å². The van der Waals surface area contributed by atoms with Crippen LogP contribution in [-0.4, -0.2) is 36.0 Å². The summed E-state index contributed by atoms with van der Waals surface area (Å²) in [7, 11) is 0. The van der Waals surface area contributed by atoms with Gasteiger partial charge < -0.3 is 15.0 Å². The molecule has 0 saturated carbocycles. The van der Waals surface area contributed by atoms with Crippen LogP contribution in [0.5, 0.6) is 0 Å². The van der Waals surface area contributed by atoms with Gasteiger partial charge in [0.15, 0.2) is 0 Å². The molecular formula is C25H22N2O3. The molecule has 0 radical (unpaired) electrons. The lowest BCUT2D eigenvalue weighted by atomic mass is 10.1. The molecule has 5 heteroatoms. The number of morpholine rings is 1. The molecule has 0 spiro atoms. The van der Waals surface area contributed by atoms with Crippen molar-refractivity contribution >= 4 is 17.5 Å². The molecular weight excluding hydrogens is 376 g/mol.